The van der Waals surface area contributed by atoms with Crippen LogP contribution in [0.15, 0.2) is 30.3 Å². The number of likely N-dealkylation sites (tertiary alicyclic amines) is 1. The average Bonchev–Trinajstić information content (AvgIpc) is 3.13. The number of nitrogens with zero attached hydrogens (tertiary/aromatic N) is 2. The van der Waals surface area contributed by atoms with Crippen molar-refractivity contribution in [2.45, 2.75) is 38.1 Å². The van der Waals surface area contributed by atoms with Gasteiger partial charge >= 0.3 is 0 Å². The highest BCUT2D eigenvalue weighted by atomic mass is 32.2. The quantitative estimate of drug-likeness (QED) is 0.630. The summed E-state index contributed by atoms with van der Waals surface area (Å²) in [6.07, 6.45) is 3.35. The Hall–Kier alpha value is -1.64. The van der Waals surface area contributed by atoms with Crippen LogP contribution in [0.2, 0.25) is 0 Å². The Morgan fingerprint density at radius 2 is 1.97 bits per heavy atom. The van der Waals surface area contributed by atoms with E-state index in [0.29, 0.717) is 39.1 Å². The molecule has 7 nitrogen and oxygen atoms in total. The van der Waals surface area contributed by atoms with Crippen LogP contribution >= 0.6 is 0 Å². The maximum atomic E-state index is 12.6. The molecule has 8 heteroatoms. The predicted octanol–water partition coefficient (Wildman–Crippen LogP) is 1.57. The van der Waals surface area contributed by atoms with Crippen LogP contribution in [0.4, 0.5) is 0 Å². The number of ether oxygens (including phenoxy) is 1. The monoisotopic (exact) mass is 438 g/mol. The lowest BCUT2D eigenvalue weighted by Gasteiger charge is -2.41. The van der Waals surface area contributed by atoms with Gasteiger partial charge in [0, 0.05) is 44.1 Å². The molecule has 1 atom stereocenters. The zero-order valence-corrected chi connectivity index (χ0v) is 18.6. The number of hydrogen-bond donors (Lipinski definition) is 1. The van der Waals surface area contributed by atoms with Crippen LogP contribution in [0.3, 0.4) is 0 Å². The summed E-state index contributed by atoms with van der Waals surface area (Å²) in [5, 5.41) is 9.99. The van der Waals surface area contributed by atoms with Crippen LogP contribution in [-0.2, 0) is 14.6 Å². The molecule has 0 aromatic heterocycles. The van der Waals surface area contributed by atoms with Crippen LogP contribution < -0.4 is 4.74 Å². The van der Waals surface area contributed by atoms with E-state index in [1.165, 1.54) is 0 Å². The smallest absolute Gasteiger partial charge is 0.223 e. The van der Waals surface area contributed by atoms with Crippen molar-refractivity contribution >= 4 is 15.7 Å². The third kappa shape index (κ3) is 6.18. The van der Waals surface area contributed by atoms with Gasteiger partial charge in [0.2, 0.25) is 5.91 Å². The molecular formula is C22H34N2O5S. The standard InChI is InChI=1S/C22H34N2O5S/c1-23(19-8-16-30(27,28)17-19)12-7-21(26)24-13-9-22(18-25,10-14-24)11-15-29-20-5-3-2-4-6-20/h2-6,19,25H,7-18H2,1H3/t19-/m0/s1. The number of amides is 1. The van der Waals surface area contributed by atoms with Crippen molar-refractivity contribution in [3.8, 4) is 5.75 Å². The van der Waals surface area contributed by atoms with Gasteiger partial charge in [0.1, 0.15) is 5.75 Å². The summed E-state index contributed by atoms with van der Waals surface area (Å²) in [6, 6.07) is 9.68. The summed E-state index contributed by atoms with van der Waals surface area (Å²) >= 11 is 0. The Balaban J connectivity index is 1.40. The molecule has 2 saturated heterocycles. The minimum absolute atomic E-state index is 0.0239. The van der Waals surface area contributed by atoms with Gasteiger partial charge in [-0.2, -0.15) is 0 Å². The average molecular weight is 439 g/mol. The van der Waals surface area contributed by atoms with E-state index in [2.05, 4.69) is 0 Å². The molecule has 0 radical (unpaired) electrons. The van der Waals surface area contributed by atoms with E-state index in [9.17, 15) is 18.3 Å². The molecule has 1 amide bonds. The summed E-state index contributed by atoms with van der Waals surface area (Å²) < 4.78 is 29.1. The largest absolute Gasteiger partial charge is 0.494 e. The van der Waals surface area contributed by atoms with E-state index >= 15 is 0 Å². The molecule has 2 heterocycles. The fraction of sp³-hybridized carbons (Fsp3) is 0.682. The molecule has 1 N–H and O–H groups in total. The number of sulfone groups is 1. The van der Waals surface area contributed by atoms with Crippen LogP contribution in [-0.4, -0.2) is 86.7 Å². The first-order valence-electron chi connectivity index (χ1n) is 10.8. The Bertz CT molecular complexity index is 791. The van der Waals surface area contributed by atoms with E-state index in [0.717, 1.165) is 25.0 Å². The highest BCUT2D eigenvalue weighted by Crippen LogP contribution is 2.35. The molecule has 0 unspecified atom stereocenters. The number of carbonyl (C=O) groups is 1. The first kappa shape index (κ1) is 23.0. The van der Waals surface area contributed by atoms with Crippen molar-refractivity contribution in [2.75, 3.05) is 51.4 Å². The molecule has 2 fully saturated rings. The SMILES string of the molecule is CN(CCC(=O)N1CCC(CO)(CCOc2ccccc2)CC1)[C@H]1CCS(=O)(=O)C1. The van der Waals surface area contributed by atoms with Gasteiger partial charge in [-0.1, -0.05) is 18.2 Å². The summed E-state index contributed by atoms with van der Waals surface area (Å²) in [5.41, 5.74) is -0.194. The molecule has 1 aromatic carbocycles. The van der Waals surface area contributed by atoms with Crippen LogP contribution in [0.25, 0.3) is 0 Å². The van der Waals surface area contributed by atoms with Crippen molar-refractivity contribution in [3.63, 3.8) is 0 Å². The summed E-state index contributed by atoms with van der Waals surface area (Å²) in [6.45, 7) is 2.52. The van der Waals surface area contributed by atoms with Gasteiger partial charge in [0.15, 0.2) is 9.84 Å². The van der Waals surface area contributed by atoms with Crippen LogP contribution in [0.1, 0.15) is 32.1 Å². The van der Waals surface area contributed by atoms with Crippen LogP contribution in [0.5, 0.6) is 5.75 Å². The van der Waals surface area contributed by atoms with E-state index < -0.39 is 9.84 Å². The van der Waals surface area contributed by atoms with Crippen molar-refractivity contribution < 1.29 is 23.1 Å². The van der Waals surface area contributed by atoms with Crippen molar-refractivity contribution in [1.82, 2.24) is 9.80 Å². The van der Waals surface area contributed by atoms with E-state index in [4.69, 9.17) is 4.74 Å². The summed E-state index contributed by atoms with van der Waals surface area (Å²) in [4.78, 5) is 16.5. The molecule has 168 valence electrons. The summed E-state index contributed by atoms with van der Waals surface area (Å²) in [5.74, 6) is 1.39. The number of hydrogen-bond acceptors (Lipinski definition) is 6. The van der Waals surface area contributed by atoms with Gasteiger partial charge < -0.3 is 19.6 Å². The van der Waals surface area contributed by atoms with E-state index in [1.807, 2.05) is 47.2 Å². The van der Waals surface area contributed by atoms with Gasteiger partial charge in [0.05, 0.1) is 18.1 Å². The number of aliphatic hydroxyl groups excluding tert-OH is 1. The second kappa shape index (κ2) is 10.1. The highest BCUT2D eigenvalue weighted by molar-refractivity contribution is 7.91. The molecule has 0 bridgehead atoms. The fourth-order valence-electron chi connectivity index (χ4n) is 4.36. The lowest BCUT2D eigenvalue weighted by Crippen LogP contribution is -2.46. The topological polar surface area (TPSA) is 87.2 Å². The Morgan fingerprint density at radius 1 is 1.27 bits per heavy atom. The molecule has 0 spiro atoms. The Morgan fingerprint density at radius 3 is 2.57 bits per heavy atom. The van der Waals surface area contributed by atoms with Gasteiger partial charge in [-0.05, 0) is 44.9 Å². The maximum absolute atomic E-state index is 12.6. The minimum atomic E-state index is -2.91. The third-order valence-electron chi connectivity index (χ3n) is 6.67. The molecule has 1 aromatic rings. The third-order valence-corrected chi connectivity index (χ3v) is 8.42. The first-order valence-corrected chi connectivity index (χ1v) is 12.6. The fourth-order valence-corrected chi connectivity index (χ4v) is 6.16. The zero-order chi connectivity index (χ0) is 21.6. The Kier molecular flexibility index (Phi) is 7.76. The highest BCUT2D eigenvalue weighted by Gasteiger charge is 2.36. The lowest BCUT2D eigenvalue weighted by molar-refractivity contribution is -0.134. The number of benzene rings is 1. The molecular weight excluding hydrogens is 404 g/mol. The number of aliphatic hydroxyl groups is 1. The molecule has 0 saturated carbocycles. The summed E-state index contributed by atoms with van der Waals surface area (Å²) in [7, 11) is -1.01. The number of carbonyl (C=O) groups excluding carboxylic acids is 1. The predicted molar refractivity (Wildman–Crippen MR) is 116 cm³/mol. The van der Waals surface area contributed by atoms with Gasteiger partial charge in [-0.3, -0.25) is 4.79 Å². The van der Waals surface area contributed by atoms with E-state index in [-0.39, 0.29) is 35.5 Å². The number of para-hydroxylation sites is 1. The van der Waals surface area contributed by atoms with Crippen molar-refractivity contribution in [1.29, 1.82) is 0 Å². The normalized spacial score (nSPS) is 22.9. The molecule has 2 aliphatic rings. The molecule has 30 heavy (non-hydrogen) atoms. The minimum Gasteiger partial charge on any atom is -0.494 e. The molecule has 2 aliphatic heterocycles. The maximum Gasteiger partial charge on any atom is 0.223 e. The molecule has 0 aliphatic carbocycles. The number of rotatable bonds is 9. The van der Waals surface area contributed by atoms with Gasteiger partial charge in [0.25, 0.3) is 0 Å². The van der Waals surface area contributed by atoms with Gasteiger partial charge in [-0.15, -0.1) is 0 Å². The lowest BCUT2D eigenvalue weighted by atomic mass is 9.76. The van der Waals surface area contributed by atoms with Crippen molar-refractivity contribution in [2.24, 2.45) is 5.41 Å². The molecule has 3 rings (SSSR count). The zero-order valence-electron chi connectivity index (χ0n) is 17.8. The van der Waals surface area contributed by atoms with Crippen molar-refractivity contribution in [3.05, 3.63) is 30.3 Å². The second-order valence-electron chi connectivity index (χ2n) is 8.74. The van der Waals surface area contributed by atoms with E-state index in [1.54, 1.807) is 0 Å². The van der Waals surface area contributed by atoms with Gasteiger partial charge in [-0.25, -0.2) is 8.42 Å². The van der Waals surface area contributed by atoms with Crippen LogP contribution in [0, 0.1) is 5.41 Å². The number of piperidine rings is 1. The second-order valence-corrected chi connectivity index (χ2v) is 11.0. The first-order chi connectivity index (χ1) is 14.3. The Labute approximate surface area is 179 Å².